The molecule has 0 amide bonds. The van der Waals surface area contributed by atoms with Gasteiger partial charge in [0.15, 0.2) is 0 Å². The van der Waals surface area contributed by atoms with Crippen LogP contribution in [-0.2, 0) is 16.1 Å². The zero-order valence-corrected chi connectivity index (χ0v) is 13.3. The van der Waals surface area contributed by atoms with Gasteiger partial charge in [-0.05, 0) is 24.1 Å². The number of carbonyl (C=O) groups excluding carboxylic acids is 2. The number of nitro benzene ring substituents is 1. The molecular weight excluding hydrogens is 328 g/mol. The minimum atomic E-state index is -0.639. The molecule has 0 radical (unpaired) electrons. The first kappa shape index (κ1) is 16.4. The molecule has 8 heteroatoms. The molecule has 0 aliphatic carbocycles. The van der Waals surface area contributed by atoms with Gasteiger partial charge in [0.2, 0.25) is 0 Å². The number of non-ortho nitro benzene ring substituents is 1. The highest BCUT2D eigenvalue weighted by Gasteiger charge is 2.32. The molecule has 0 saturated heterocycles. The zero-order chi connectivity index (χ0) is 18.1. The van der Waals surface area contributed by atoms with Crippen molar-refractivity contribution in [3.05, 3.63) is 57.1 Å². The van der Waals surface area contributed by atoms with Crippen LogP contribution in [0.5, 0.6) is 0 Å². The second-order valence-electron chi connectivity index (χ2n) is 5.35. The molecule has 0 saturated carbocycles. The molecule has 2 N–H and O–H groups in total. The SMILES string of the molecule is CCOC(=O)c1c(N)cc(-c2cccc([N+](=O)[O-])c2)c2c1COC2=O. The molecule has 1 heterocycles. The summed E-state index contributed by atoms with van der Waals surface area (Å²) in [4.78, 5) is 34.8. The summed E-state index contributed by atoms with van der Waals surface area (Å²) in [6, 6.07) is 7.26. The van der Waals surface area contributed by atoms with Gasteiger partial charge in [0.05, 0.1) is 22.7 Å². The number of carbonyl (C=O) groups is 2. The van der Waals surface area contributed by atoms with Gasteiger partial charge in [0, 0.05) is 23.4 Å². The van der Waals surface area contributed by atoms with Crippen molar-refractivity contribution < 1.29 is 24.0 Å². The fourth-order valence-electron chi connectivity index (χ4n) is 2.81. The number of anilines is 1. The molecule has 1 aliphatic rings. The molecule has 0 unspecified atom stereocenters. The summed E-state index contributed by atoms with van der Waals surface area (Å²) in [5.74, 6) is -1.25. The highest BCUT2D eigenvalue weighted by atomic mass is 16.6. The smallest absolute Gasteiger partial charge is 0.340 e. The van der Waals surface area contributed by atoms with Gasteiger partial charge >= 0.3 is 11.9 Å². The summed E-state index contributed by atoms with van der Waals surface area (Å²) in [6.07, 6.45) is 0. The van der Waals surface area contributed by atoms with Gasteiger partial charge in [-0.2, -0.15) is 0 Å². The maximum Gasteiger partial charge on any atom is 0.340 e. The van der Waals surface area contributed by atoms with Gasteiger partial charge in [-0.15, -0.1) is 0 Å². The van der Waals surface area contributed by atoms with E-state index in [1.54, 1.807) is 13.0 Å². The lowest BCUT2D eigenvalue weighted by atomic mass is 9.91. The van der Waals surface area contributed by atoms with Crippen molar-refractivity contribution in [2.45, 2.75) is 13.5 Å². The van der Waals surface area contributed by atoms with Gasteiger partial charge in [-0.1, -0.05) is 12.1 Å². The number of nitrogens with zero attached hydrogens (tertiary/aromatic N) is 1. The normalized spacial score (nSPS) is 12.4. The molecular formula is C17H14N2O6. The lowest BCUT2D eigenvalue weighted by molar-refractivity contribution is -0.384. The second-order valence-corrected chi connectivity index (χ2v) is 5.35. The van der Waals surface area contributed by atoms with Gasteiger partial charge in [0.1, 0.15) is 6.61 Å². The third-order valence-corrected chi connectivity index (χ3v) is 3.86. The van der Waals surface area contributed by atoms with Crippen LogP contribution in [0.3, 0.4) is 0 Å². The maximum absolute atomic E-state index is 12.2. The lowest BCUT2D eigenvalue weighted by Gasteiger charge is -2.13. The van der Waals surface area contributed by atoms with E-state index >= 15 is 0 Å². The van der Waals surface area contributed by atoms with Gasteiger partial charge in [-0.3, -0.25) is 10.1 Å². The van der Waals surface area contributed by atoms with Crippen LogP contribution in [0, 0.1) is 10.1 Å². The first-order valence-corrected chi connectivity index (χ1v) is 7.48. The summed E-state index contributed by atoms with van der Waals surface area (Å²) >= 11 is 0. The number of nitrogens with two attached hydrogens (primary N) is 1. The predicted octanol–water partition coefficient (Wildman–Crippen LogP) is 2.69. The second kappa shape index (κ2) is 6.23. The van der Waals surface area contributed by atoms with E-state index in [2.05, 4.69) is 0 Å². The van der Waals surface area contributed by atoms with E-state index in [1.165, 1.54) is 24.3 Å². The average Bonchev–Trinajstić information content (AvgIpc) is 2.96. The van der Waals surface area contributed by atoms with Crippen LogP contribution >= 0.6 is 0 Å². The van der Waals surface area contributed by atoms with E-state index in [0.717, 1.165) is 0 Å². The van der Waals surface area contributed by atoms with E-state index in [-0.39, 0.29) is 35.7 Å². The van der Waals surface area contributed by atoms with Crippen molar-refractivity contribution in [2.75, 3.05) is 12.3 Å². The molecule has 3 rings (SSSR count). The van der Waals surface area contributed by atoms with Crippen molar-refractivity contribution >= 4 is 23.3 Å². The minimum absolute atomic E-state index is 0.0943. The van der Waals surface area contributed by atoms with Gasteiger partial charge < -0.3 is 15.2 Å². The van der Waals surface area contributed by atoms with Crippen LogP contribution in [0.1, 0.15) is 33.2 Å². The monoisotopic (exact) mass is 342 g/mol. The van der Waals surface area contributed by atoms with E-state index in [0.29, 0.717) is 16.7 Å². The van der Waals surface area contributed by atoms with Crippen molar-refractivity contribution in [1.29, 1.82) is 0 Å². The molecule has 128 valence electrons. The number of hydrogen-bond donors (Lipinski definition) is 1. The third-order valence-electron chi connectivity index (χ3n) is 3.86. The number of benzene rings is 2. The Balaban J connectivity index is 2.23. The summed E-state index contributed by atoms with van der Waals surface area (Å²) < 4.78 is 10.0. The van der Waals surface area contributed by atoms with Crippen molar-refractivity contribution in [2.24, 2.45) is 0 Å². The summed E-state index contributed by atoms with van der Waals surface area (Å²) in [5.41, 5.74) is 7.44. The predicted molar refractivity (Wildman–Crippen MR) is 88.0 cm³/mol. The molecule has 0 aromatic heterocycles. The Bertz CT molecular complexity index is 906. The highest BCUT2D eigenvalue weighted by molar-refractivity contribution is 6.08. The first-order chi connectivity index (χ1) is 11.9. The Labute approximate surface area is 142 Å². The molecule has 2 aromatic rings. The number of esters is 2. The molecule has 0 fully saturated rings. The quantitative estimate of drug-likeness (QED) is 0.392. The van der Waals surface area contributed by atoms with Crippen LogP contribution in [-0.4, -0.2) is 23.5 Å². The fourth-order valence-corrected chi connectivity index (χ4v) is 2.81. The van der Waals surface area contributed by atoms with E-state index in [1.807, 2.05) is 0 Å². The topological polar surface area (TPSA) is 122 Å². The Morgan fingerprint density at radius 2 is 2.16 bits per heavy atom. The molecule has 0 spiro atoms. The molecule has 2 aromatic carbocycles. The van der Waals surface area contributed by atoms with Crippen LogP contribution in [0.25, 0.3) is 11.1 Å². The molecule has 0 atom stereocenters. The number of fused-ring (bicyclic) bond motifs is 1. The van der Waals surface area contributed by atoms with Crippen LogP contribution in [0.2, 0.25) is 0 Å². The van der Waals surface area contributed by atoms with E-state index in [9.17, 15) is 19.7 Å². The van der Waals surface area contributed by atoms with Crippen LogP contribution in [0.4, 0.5) is 11.4 Å². The number of rotatable bonds is 4. The fraction of sp³-hybridized carbons (Fsp3) is 0.176. The summed E-state index contributed by atoms with van der Waals surface area (Å²) in [6.45, 7) is 1.72. The van der Waals surface area contributed by atoms with Gasteiger partial charge in [0.25, 0.3) is 5.69 Å². The van der Waals surface area contributed by atoms with Crippen LogP contribution in [0.15, 0.2) is 30.3 Å². The molecule has 1 aliphatic heterocycles. The largest absolute Gasteiger partial charge is 0.462 e. The van der Waals surface area contributed by atoms with Crippen LogP contribution < -0.4 is 5.73 Å². The van der Waals surface area contributed by atoms with E-state index < -0.39 is 16.9 Å². The van der Waals surface area contributed by atoms with E-state index in [4.69, 9.17) is 15.2 Å². The number of ether oxygens (including phenoxy) is 2. The summed E-state index contributed by atoms with van der Waals surface area (Å²) in [5, 5.41) is 11.0. The van der Waals surface area contributed by atoms with Crippen molar-refractivity contribution in [3.63, 3.8) is 0 Å². The standard InChI is InChI=1S/C17H14N2O6/c1-2-24-17(21)15-12-8-25-16(20)14(12)11(7-13(15)18)9-4-3-5-10(6-9)19(22)23/h3-7H,2,8,18H2,1H3. The van der Waals surface area contributed by atoms with Gasteiger partial charge in [-0.25, -0.2) is 9.59 Å². The number of hydrogen-bond acceptors (Lipinski definition) is 7. The highest BCUT2D eigenvalue weighted by Crippen LogP contribution is 2.38. The minimum Gasteiger partial charge on any atom is -0.462 e. The molecule has 25 heavy (non-hydrogen) atoms. The Kier molecular flexibility index (Phi) is 4.10. The Morgan fingerprint density at radius 1 is 1.40 bits per heavy atom. The Hall–Kier alpha value is -3.42. The number of nitrogen functional groups attached to an aromatic ring is 1. The third kappa shape index (κ3) is 2.78. The summed E-state index contributed by atoms with van der Waals surface area (Å²) in [7, 11) is 0. The lowest BCUT2D eigenvalue weighted by Crippen LogP contribution is -2.12. The average molecular weight is 342 g/mol. The molecule has 0 bridgehead atoms. The van der Waals surface area contributed by atoms with Crippen molar-refractivity contribution in [3.8, 4) is 11.1 Å². The zero-order valence-electron chi connectivity index (χ0n) is 13.3. The maximum atomic E-state index is 12.2. The molecule has 8 nitrogen and oxygen atoms in total. The Morgan fingerprint density at radius 3 is 2.84 bits per heavy atom. The first-order valence-electron chi connectivity index (χ1n) is 7.48. The number of nitro groups is 1. The van der Waals surface area contributed by atoms with Crippen molar-refractivity contribution in [1.82, 2.24) is 0 Å². The number of cyclic esters (lactones) is 1.